The van der Waals surface area contributed by atoms with E-state index in [0.717, 1.165) is 12.8 Å². The van der Waals surface area contributed by atoms with Crippen molar-refractivity contribution in [3.05, 3.63) is 47.7 Å². The van der Waals surface area contributed by atoms with Gasteiger partial charge in [-0.3, -0.25) is 4.99 Å². The monoisotopic (exact) mass is 199 g/mol. The zero-order valence-electron chi connectivity index (χ0n) is 9.19. The molecular weight excluding hydrogens is 182 g/mol. The molecule has 0 saturated heterocycles. The lowest BCUT2D eigenvalue weighted by atomic mass is 9.96. The summed E-state index contributed by atoms with van der Waals surface area (Å²) in [7, 11) is 0. The van der Waals surface area contributed by atoms with Crippen molar-refractivity contribution < 1.29 is 0 Å². The molecule has 0 saturated carbocycles. The number of rotatable bonds is 3. The molecule has 1 atom stereocenters. The highest BCUT2D eigenvalue weighted by atomic mass is 14.7. The van der Waals surface area contributed by atoms with Gasteiger partial charge in [0.25, 0.3) is 0 Å². The third-order valence-electron chi connectivity index (χ3n) is 2.85. The molecule has 2 rings (SSSR count). The zero-order chi connectivity index (χ0) is 10.5. The van der Waals surface area contributed by atoms with Gasteiger partial charge in [-0.05, 0) is 37.7 Å². The van der Waals surface area contributed by atoms with E-state index in [1.54, 1.807) is 0 Å². The molecule has 1 aliphatic heterocycles. The molecule has 1 unspecified atom stereocenters. The van der Waals surface area contributed by atoms with E-state index in [1.807, 2.05) is 6.20 Å². The first-order valence-corrected chi connectivity index (χ1v) is 5.58. The summed E-state index contributed by atoms with van der Waals surface area (Å²) < 4.78 is 0. The Balaban J connectivity index is 1.85. The van der Waals surface area contributed by atoms with Crippen LogP contribution in [0.3, 0.4) is 0 Å². The van der Waals surface area contributed by atoms with Gasteiger partial charge >= 0.3 is 0 Å². The molecule has 0 bridgehead atoms. The quantitative estimate of drug-likeness (QED) is 0.706. The average Bonchev–Trinajstić information content (AvgIpc) is 2.30. The van der Waals surface area contributed by atoms with Crippen LogP contribution in [0.1, 0.15) is 24.0 Å². The molecule has 1 aromatic rings. The Labute approximate surface area is 91.6 Å². The van der Waals surface area contributed by atoms with Crippen molar-refractivity contribution in [2.24, 2.45) is 10.9 Å². The molecule has 1 aromatic carbocycles. The number of hydrogen-bond donors (Lipinski definition) is 0. The van der Waals surface area contributed by atoms with Crippen LogP contribution in [0.2, 0.25) is 0 Å². The Morgan fingerprint density at radius 1 is 1.27 bits per heavy atom. The van der Waals surface area contributed by atoms with E-state index in [1.165, 1.54) is 17.5 Å². The highest BCUT2D eigenvalue weighted by Crippen LogP contribution is 2.15. The minimum atomic E-state index is 0.635. The molecule has 1 heteroatoms. The van der Waals surface area contributed by atoms with E-state index in [4.69, 9.17) is 0 Å². The largest absolute Gasteiger partial charge is 0.269 e. The van der Waals surface area contributed by atoms with Gasteiger partial charge in [-0.1, -0.05) is 35.9 Å². The zero-order valence-corrected chi connectivity index (χ0v) is 9.19. The van der Waals surface area contributed by atoms with Crippen LogP contribution < -0.4 is 0 Å². The van der Waals surface area contributed by atoms with Gasteiger partial charge in [0, 0.05) is 12.4 Å². The summed E-state index contributed by atoms with van der Waals surface area (Å²) in [6, 6.07) is 8.82. The Kier molecular flexibility index (Phi) is 3.33. The fourth-order valence-electron chi connectivity index (χ4n) is 1.83. The number of benzene rings is 1. The van der Waals surface area contributed by atoms with Crippen molar-refractivity contribution >= 4 is 6.21 Å². The van der Waals surface area contributed by atoms with Crippen LogP contribution in [0.15, 0.2) is 41.5 Å². The number of aryl methyl sites for hydroxylation is 2. The van der Waals surface area contributed by atoms with Crippen molar-refractivity contribution in [1.82, 2.24) is 0 Å². The lowest BCUT2D eigenvalue weighted by Crippen LogP contribution is -2.04. The van der Waals surface area contributed by atoms with Crippen LogP contribution in [0.4, 0.5) is 0 Å². The molecule has 1 heterocycles. The average molecular weight is 199 g/mol. The Morgan fingerprint density at radius 3 is 2.73 bits per heavy atom. The lowest BCUT2D eigenvalue weighted by molar-refractivity contribution is 0.638. The van der Waals surface area contributed by atoms with Crippen LogP contribution in [0.5, 0.6) is 0 Å². The van der Waals surface area contributed by atoms with Crippen LogP contribution in [-0.4, -0.2) is 6.21 Å². The highest BCUT2D eigenvalue weighted by molar-refractivity contribution is 5.62. The summed E-state index contributed by atoms with van der Waals surface area (Å²) >= 11 is 0. The molecule has 0 fully saturated rings. The molecule has 0 aliphatic carbocycles. The van der Waals surface area contributed by atoms with Gasteiger partial charge in [0.2, 0.25) is 0 Å². The van der Waals surface area contributed by atoms with Gasteiger partial charge in [-0.15, -0.1) is 0 Å². The summed E-state index contributed by atoms with van der Waals surface area (Å²) in [5, 5.41) is 0. The summed E-state index contributed by atoms with van der Waals surface area (Å²) in [5.74, 6) is 0.635. The smallest absolute Gasteiger partial charge is 0.0224 e. The maximum Gasteiger partial charge on any atom is 0.0224 e. The number of nitrogens with zero attached hydrogens (tertiary/aromatic N) is 1. The van der Waals surface area contributed by atoms with Crippen LogP contribution in [-0.2, 0) is 6.42 Å². The highest BCUT2D eigenvalue weighted by Gasteiger charge is 2.06. The number of allylic oxidation sites excluding steroid dienone is 1. The van der Waals surface area contributed by atoms with Crippen molar-refractivity contribution in [2.45, 2.75) is 26.2 Å². The maximum atomic E-state index is 4.18. The lowest BCUT2D eigenvalue weighted by Gasteiger charge is -2.11. The topological polar surface area (TPSA) is 12.4 Å². The van der Waals surface area contributed by atoms with Gasteiger partial charge in [0.1, 0.15) is 0 Å². The van der Waals surface area contributed by atoms with E-state index in [-0.39, 0.29) is 0 Å². The van der Waals surface area contributed by atoms with Gasteiger partial charge in [-0.2, -0.15) is 0 Å². The Morgan fingerprint density at radius 2 is 2.07 bits per heavy atom. The second-order valence-electron chi connectivity index (χ2n) is 4.20. The third-order valence-corrected chi connectivity index (χ3v) is 2.85. The number of hydrogen-bond acceptors (Lipinski definition) is 1. The molecule has 15 heavy (non-hydrogen) atoms. The summed E-state index contributed by atoms with van der Waals surface area (Å²) in [4.78, 5) is 4.18. The van der Waals surface area contributed by atoms with E-state index >= 15 is 0 Å². The second kappa shape index (κ2) is 4.92. The minimum absolute atomic E-state index is 0.635. The fourth-order valence-corrected chi connectivity index (χ4v) is 1.83. The first kappa shape index (κ1) is 10.2. The molecule has 0 radical (unpaired) electrons. The van der Waals surface area contributed by atoms with Crippen LogP contribution >= 0.6 is 0 Å². The van der Waals surface area contributed by atoms with E-state index in [2.05, 4.69) is 48.5 Å². The molecule has 1 aliphatic rings. The standard InChI is InChI=1S/C14H17N/c1-12-4-6-13(7-5-12)8-9-14-3-2-10-15-11-14/h2,4-7,10-11,14H,3,8-9H2,1H3. The first-order valence-electron chi connectivity index (χ1n) is 5.58. The Hall–Kier alpha value is -1.37. The minimum Gasteiger partial charge on any atom is -0.269 e. The Bertz CT molecular complexity index is 359. The number of aliphatic imine (C=N–C) groups is 1. The van der Waals surface area contributed by atoms with Crippen molar-refractivity contribution in [1.29, 1.82) is 0 Å². The summed E-state index contributed by atoms with van der Waals surface area (Å²) in [6.07, 6.45) is 9.63. The van der Waals surface area contributed by atoms with Gasteiger partial charge in [-0.25, -0.2) is 0 Å². The normalized spacial score (nSPS) is 19.4. The van der Waals surface area contributed by atoms with E-state index in [9.17, 15) is 0 Å². The second-order valence-corrected chi connectivity index (χ2v) is 4.20. The summed E-state index contributed by atoms with van der Waals surface area (Å²) in [6.45, 7) is 2.13. The van der Waals surface area contributed by atoms with Crippen molar-refractivity contribution in [3.63, 3.8) is 0 Å². The molecule has 0 amide bonds. The molecule has 0 N–H and O–H groups in total. The van der Waals surface area contributed by atoms with Gasteiger partial charge < -0.3 is 0 Å². The third kappa shape index (κ3) is 3.05. The molecule has 78 valence electrons. The van der Waals surface area contributed by atoms with Crippen molar-refractivity contribution in [2.75, 3.05) is 0 Å². The molecule has 0 spiro atoms. The SMILES string of the molecule is Cc1ccc(CCC2C=NC=CC2)cc1. The predicted molar refractivity (Wildman–Crippen MR) is 65.2 cm³/mol. The van der Waals surface area contributed by atoms with Gasteiger partial charge in [0.05, 0.1) is 0 Å². The molecule has 1 nitrogen and oxygen atoms in total. The van der Waals surface area contributed by atoms with Crippen molar-refractivity contribution in [3.8, 4) is 0 Å². The van der Waals surface area contributed by atoms with E-state index < -0.39 is 0 Å². The van der Waals surface area contributed by atoms with Gasteiger partial charge in [0.15, 0.2) is 0 Å². The van der Waals surface area contributed by atoms with Crippen LogP contribution in [0, 0.1) is 12.8 Å². The predicted octanol–water partition coefficient (Wildman–Crippen LogP) is 3.53. The molecular formula is C14H17N. The van der Waals surface area contributed by atoms with E-state index in [0.29, 0.717) is 5.92 Å². The fraction of sp³-hybridized carbons (Fsp3) is 0.357. The maximum absolute atomic E-state index is 4.18. The van der Waals surface area contributed by atoms with Crippen LogP contribution in [0.25, 0.3) is 0 Å². The molecule has 0 aromatic heterocycles. The summed E-state index contributed by atoms with van der Waals surface area (Å²) in [5.41, 5.74) is 2.77. The first-order chi connectivity index (χ1) is 7.34.